The highest BCUT2D eigenvalue weighted by molar-refractivity contribution is 5.81. The second-order valence-corrected chi connectivity index (χ2v) is 5.62. The number of benzene rings is 1. The lowest BCUT2D eigenvalue weighted by molar-refractivity contribution is 0.0755. The lowest BCUT2D eigenvalue weighted by Gasteiger charge is -2.29. The lowest BCUT2D eigenvalue weighted by Crippen LogP contribution is -2.38. The van der Waals surface area contributed by atoms with E-state index in [-0.39, 0.29) is 6.10 Å². The average Bonchev–Trinajstić information content (AvgIpc) is 2.80. The molecule has 2 aromatic rings. The van der Waals surface area contributed by atoms with Gasteiger partial charge in [-0.15, -0.1) is 0 Å². The van der Waals surface area contributed by atoms with Crippen molar-refractivity contribution in [2.24, 2.45) is 0 Å². The Morgan fingerprint density at radius 1 is 1.30 bits per heavy atom. The van der Waals surface area contributed by atoms with Gasteiger partial charge in [0.1, 0.15) is 12.4 Å². The van der Waals surface area contributed by atoms with Crippen LogP contribution in [0, 0.1) is 6.92 Å². The third-order valence-corrected chi connectivity index (χ3v) is 3.96. The van der Waals surface area contributed by atoms with E-state index >= 15 is 0 Å². The van der Waals surface area contributed by atoms with Crippen LogP contribution in [0.25, 0.3) is 10.9 Å². The highest BCUT2D eigenvalue weighted by Gasteiger charge is 2.16. The van der Waals surface area contributed by atoms with Crippen LogP contribution in [0.1, 0.15) is 18.5 Å². The summed E-state index contributed by atoms with van der Waals surface area (Å²) in [6.07, 6.45) is 1.66. The molecular formula is C16H22N2O2. The molecule has 1 aliphatic heterocycles. The number of H-pyrrole nitrogens is 1. The van der Waals surface area contributed by atoms with Gasteiger partial charge in [-0.05, 0) is 44.0 Å². The molecule has 2 heterocycles. The molecule has 3 rings (SSSR count). The number of aliphatic hydroxyl groups excluding tert-OH is 1. The van der Waals surface area contributed by atoms with Gasteiger partial charge in [0.05, 0.1) is 6.10 Å². The van der Waals surface area contributed by atoms with Gasteiger partial charge in [-0.1, -0.05) is 0 Å². The number of aliphatic hydroxyl groups is 1. The smallest absolute Gasteiger partial charge is 0.120 e. The molecule has 1 aromatic heterocycles. The predicted molar refractivity (Wildman–Crippen MR) is 80.2 cm³/mol. The Morgan fingerprint density at radius 3 is 2.90 bits per heavy atom. The topological polar surface area (TPSA) is 48.5 Å². The number of piperidine rings is 1. The van der Waals surface area contributed by atoms with Crippen LogP contribution in [0.3, 0.4) is 0 Å². The number of hydrogen-bond donors (Lipinski definition) is 2. The van der Waals surface area contributed by atoms with Crippen molar-refractivity contribution in [1.82, 2.24) is 9.88 Å². The standard InChI is InChI=1S/C16H22N2O2/c1-12-10-13-11-15(2-3-16(13)17-12)20-9-8-18-6-4-14(19)5-7-18/h2-3,10-11,14,17,19H,4-9H2,1H3. The van der Waals surface area contributed by atoms with E-state index in [1.807, 2.05) is 6.07 Å². The van der Waals surface area contributed by atoms with Crippen molar-refractivity contribution in [2.75, 3.05) is 26.2 Å². The van der Waals surface area contributed by atoms with Crippen molar-refractivity contribution < 1.29 is 9.84 Å². The molecule has 0 atom stereocenters. The molecule has 4 nitrogen and oxygen atoms in total. The first-order chi connectivity index (χ1) is 9.70. The van der Waals surface area contributed by atoms with Gasteiger partial charge in [0, 0.05) is 36.2 Å². The predicted octanol–water partition coefficient (Wildman–Crippen LogP) is 2.31. The minimum Gasteiger partial charge on any atom is -0.492 e. The number of nitrogens with one attached hydrogen (secondary N) is 1. The molecule has 1 aliphatic rings. The number of likely N-dealkylation sites (tertiary alicyclic amines) is 1. The maximum absolute atomic E-state index is 9.47. The molecule has 20 heavy (non-hydrogen) atoms. The second-order valence-electron chi connectivity index (χ2n) is 5.62. The van der Waals surface area contributed by atoms with Crippen molar-refractivity contribution in [3.8, 4) is 5.75 Å². The van der Waals surface area contributed by atoms with Crippen LogP contribution in [0.5, 0.6) is 5.75 Å². The summed E-state index contributed by atoms with van der Waals surface area (Å²) >= 11 is 0. The molecule has 1 fully saturated rings. The van der Waals surface area contributed by atoms with Crippen LogP contribution >= 0.6 is 0 Å². The zero-order chi connectivity index (χ0) is 13.9. The Kier molecular flexibility index (Phi) is 3.94. The van der Waals surface area contributed by atoms with E-state index < -0.39 is 0 Å². The van der Waals surface area contributed by atoms with E-state index in [1.165, 1.54) is 11.1 Å². The van der Waals surface area contributed by atoms with Gasteiger partial charge in [0.2, 0.25) is 0 Å². The fraction of sp³-hybridized carbons (Fsp3) is 0.500. The normalized spacial score (nSPS) is 17.7. The SMILES string of the molecule is Cc1cc2cc(OCCN3CCC(O)CC3)ccc2[nH]1. The van der Waals surface area contributed by atoms with Gasteiger partial charge in [-0.2, -0.15) is 0 Å². The van der Waals surface area contributed by atoms with Crippen LogP contribution in [-0.2, 0) is 0 Å². The van der Waals surface area contributed by atoms with Crippen molar-refractivity contribution in [3.05, 3.63) is 30.0 Å². The van der Waals surface area contributed by atoms with E-state index in [1.54, 1.807) is 0 Å². The van der Waals surface area contributed by atoms with Crippen LogP contribution in [0.2, 0.25) is 0 Å². The first-order valence-electron chi connectivity index (χ1n) is 7.33. The third kappa shape index (κ3) is 3.14. The number of aromatic amines is 1. The van der Waals surface area contributed by atoms with E-state index in [0.717, 1.165) is 43.7 Å². The van der Waals surface area contributed by atoms with Crippen molar-refractivity contribution in [3.63, 3.8) is 0 Å². The van der Waals surface area contributed by atoms with Gasteiger partial charge in [-0.25, -0.2) is 0 Å². The van der Waals surface area contributed by atoms with Crippen LogP contribution < -0.4 is 4.74 Å². The molecule has 2 N–H and O–H groups in total. The molecule has 4 heteroatoms. The maximum Gasteiger partial charge on any atom is 0.120 e. The van der Waals surface area contributed by atoms with E-state index in [4.69, 9.17) is 4.74 Å². The number of hydrogen-bond acceptors (Lipinski definition) is 3. The maximum atomic E-state index is 9.47. The highest BCUT2D eigenvalue weighted by Crippen LogP contribution is 2.21. The molecule has 0 radical (unpaired) electrons. The summed E-state index contributed by atoms with van der Waals surface area (Å²) in [7, 11) is 0. The molecule has 108 valence electrons. The summed E-state index contributed by atoms with van der Waals surface area (Å²) in [5, 5.41) is 10.7. The third-order valence-electron chi connectivity index (χ3n) is 3.96. The summed E-state index contributed by atoms with van der Waals surface area (Å²) in [4.78, 5) is 5.66. The van der Waals surface area contributed by atoms with Gasteiger partial charge in [-0.3, -0.25) is 4.90 Å². The van der Waals surface area contributed by atoms with Crippen molar-refractivity contribution in [2.45, 2.75) is 25.9 Å². The fourth-order valence-electron chi connectivity index (χ4n) is 2.78. The molecule has 0 amide bonds. The Hall–Kier alpha value is -1.52. The first kappa shape index (κ1) is 13.5. The summed E-state index contributed by atoms with van der Waals surface area (Å²) in [6.45, 7) is 5.63. The molecule has 1 aromatic carbocycles. The van der Waals surface area contributed by atoms with Gasteiger partial charge in [0.25, 0.3) is 0 Å². The number of aryl methyl sites for hydroxylation is 1. The molecule has 0 unspecified atom stereocenters. The van der Waals surface area contributed by atoms with Gasteiger partial charge in [0.15, 0.2) is 0 Å². The Balaban J connectivity index is 1.52. The van der Waals surface area contributed by atoms with Gasteiger partial charge >= 0.3 is 0 Å². The molecular weight excluding hydrogens is 252 g/mol. The summed E-state index contributed by atoms with van der Waals surface area (Å²) in [5.41, 5.74) is 2.32. The summed E-state index contributed by atoms with van der Waals surface area (Å²) in [6, 6.07) is 8.29. The number of nitrogens with zero attached hydrogens (tertiary/aromatic N) is 1. The summed E-state index contributed by atoms with van der Waals surface area (Å²) < 4.78 is 5.83. The number of aromatic nitrogens is 1. The second kappa shape index (κ2) is 5.85. The lowest BCUT2D eigenvalue weighted by atomic mass is 10.1. The Morgan fingerprint density at radius 2 is 2.10 bits per heavy atom. The number of fused-ring (bicyclic) bond motifs is 1. The minimum absolute atomic E-state index is 0.105. The van der Waals surface area contributed by atoms with E-state index in [9.17, 15) is 5.11 Å². The molecule has 0 aliphatic carbocycles. The zero-order valence-electron chi connectivity index (χ0n) is 11.9. The van der Waals surface area contributed by atoms with E-state index in [0.29, 0.717) is 6.61 Å². The molecule has 0 bridgehead atoms. The number of ether oxygens (including phenoxy) is 1. The number of rotatable bonds is 4. The van der Waals surface area contributed by atoms with Crippen LogP contribution in [0.4, 0.5) is 0 Å². The van der Waals surface area contributed by atoms with Crippen molar-refractivity contribution in [1.29, 1.82) is 0 Å². The summed E-state index contributed by atoms with van der Waals surface area (Å²) in [5.74, 6) is 0.925. The average molecular weight is 274 g/mol. The minimum atomic E-state index is -0.105. The Bertz CT molecular complexity index is 571. The molecule has 0 spiro atoms. The Labute approximate surface area is 119 Å². The van der Waals surface area contributed by atoms with E-state index in [2.05, 4.69) is 35.0 Å². The first-order valence-corrected chi connectivity index (χ1v) is 7.33. The molecule has 1 saturated heterocycles. The monoisotopic (exact) mass is 274 g/mol. The van der Waals surface area contributed by atoms with Crippen LogP contribution in [0.15, 0.2) is 24.3 Å². The zero-order valence-corrected chi connectivity index (χ0v) is 11.9. The largest absolute Gasteiger partial charge is 0.492 e. The van der Waals surface area contributed by atoms with Crippen LogP contribution in [-0.4, -0.2) is 47.3 Å². The molecule has 0 saturated carbocycles. The van der Waals surface area contributed by atoms with Crippen molar-refractivity contribution >= 4 is 10.9 Å². The quantitative estimate of drug-likeness (QED) is 0.899. The highest BCUT2D eigenvalue weighted by atomic mass is 16.5. The fourth-order valence-corrected chi connectivity index (χ4v) is 2.78. The van der Waals surface area contributed by atoms with Gasteiger partial charge < -0.3 is 14.8 Å².